The highest BCUT2D eigenvalue weighted by atomic mass is 19.4. The van der Waals surface area contributed by atoms with Crippen molar-refractivity contribution < 1.29 is 22.8 Å². The Kier molecular flexibility index (Phi) is 7.07. The normalized spacial score (nSPS) is 16.4. The number of aromatic nitrogens is 1. The molecular weight excluding hydrogens is 543 g/mol. The van der Waals surface area contributed by atoms with Crippen LogP contribution in [0.25, 0.3) is 22.8 Å². The van der Waals surface area contributed by atoms with Crippen LogP contribution in [0.4, 0.5) is 30.2 Å². The van der Waals surface area contributed by atoms with Crippen LogP contribution in [0.3, 0.4) is 0 Å². The Bertz CT molecular complexity index is 1690. The van der Waals surface area contributed by atoms with Gasteiger partial charge < -0.3 is 25.4 Å². The zero-order valence-corrected chi connectivity index (χ0v) is 22.8. The van der Waals surface area contributed by atoms with Crippen molar-refractivity contribution in [1.29, 1.82) is 0 Å². The molecule has 0 radical (unpaired) electrons. The van der Waals surface area contributed by atoms with Gasteiger partial charge in [-0.05, 0) is 72.8 Å². The van der Waals surface area contributed by atoms with Crippen molar-refractivity contribution in [3.8, 4) is 11.1 Å². The predicted molar refractivity (Wildman–Crippen MR) is 158 cm³/mol. The summed E-state index contributed by atoms with van der Waals surface area (Å²) in [5, 5.41) is 5.66. The van der Waals surface area contributed by atoms with Gasteiger partial charge in [0.05, 0.1) is 11.1 Å². The number of fused-ring (bicyclic) bond motifs is 1. The van der Waals surface area contributed by atoms with Crippen LogP contribution >= 0.6 is 0 Å². The van der Waals surface area contributed by atoms with Crippen LogP contribution in [0.5, 0.6) is 0 Å². The third kappa shape index (κ3) is 5.66. The number of nitrogens with one attached hydrogen (secondary N) is 3. The number of likely N-dealkylation sites (N-methyl/N-ethyl adjacent to an activating group) is 1. The Labute approximate surface area is 240 Å². The largest absolute Gasteiger partial charge is 0.416 e. The number of benzene rings is 3. The van der Waals surface area contributed by atoms with Crippen molar-refractivity contribution in [1.82, 2.24) is 9.88 Å². The molecule has 0 aliphatic carbocycles. The summed E-state index contributed by atoms with van der Waals surface area (Å²) >= 11 is 0. The smallest absolute Gasteiger partial charge is 0.369 e. The van der Waals surface area contributed by atoms with Gasteiger partial charge in [-0.3, -0.25) is 9.59 Å². The highest BCUT2D eigenvalue weighted by Crippen LogP contribution is 2.37. The quantitative estimate of drug-likeness (QED) is 0.249. The van der Waals surface area contributed by atoms with Crippen molar-refractivity contribution in [2.24, 2.45) is 0 Å². The minimum Gasteiger partial charge on any atom is -0.369 e. The highest BCUT2D eigenvalue weighted by Gasteiger charge is 2.33. The molecule has 7 nitrogen and oxygen atoms in total. The second-order valence-electron chi connectivity index (χ2n) is 10.5. The first-order chi connectivity index (χ1) is 20.1. The van der Waals surface area contributed by atoms with Crippen LogP contribution in [0.2, 0.25) is 0 Å². The average Bonchev–Trinajstić information content (AvgIpc) is 3.60. The number of hydrogen-bond acceptors (Lipinski definition) is 4. The van der Waals surface area contributed by atoms with Gasteiger partial charge in [-0.25, -0.2) is 0 Å². The molecule has 42 heavy (non-hydrogen) atoms. The van der Waals surface area contributed by atoms with E-state index in [0.717, 1.165) is 47.6 Å². The fraction of sp³-hybridized carbons (Fsp3) is 0.188. The molecule has 10 heteroatoms. The summed E-state index contributed by atoms with van der Waals surface area (Å²) in [5.74, 6) is -0.830. The molecule has 1 saturated heterocycles. The van der Waals surface area contributed by atoms with Gasteiger partial charge in [-0.1, -0.05) is 24.3 Å². The molecule has 0 unspecified atom stereocenters. The molecule has 1 fully saturated rings. The molecule has 214 valence electrons. The monoisotopic (exact) mass is 571 g/mol. The molecule has 0 bridgehead atoms. The lowest BCUT2D eigenvalue weighted by atomic mass is 9.99. The first-order valence-corrected chi connectivity index (χ1v) is 13.5. The number of carbonyl (C=O) groups excluding carboxylic acids is 2. The van der Waals surface area contributed by atoms with E-state index in [1.165, 1.54) is 6.07 Å². The number of carbonyl (C=O) groups is 2. The van der Waals surface area contributed by atoms with Crippen LogP contribution < -0.4 is 15.5 Å². The van der Waals surface area contributed by atoms with Gasteiger partial charge in [0.1, 0.15) is 0 Å². The Balaban J connectivity index is 1.25. The highest BCUT2D eigenvalue weighted by molar-refractivity contribution is 6.35. The third-order valence-electron chi connectivity index (χ3n) is 7.55. The summed E-state index contributed by atoms with van der Waals surface area (Å²) in [4.78, 5) is 32.9. The van der Waals surface area contributed by atoms with Crippen LogP contribution in [-0.2, 0) is 11.0 Å². The maximum absolute atomic E-state index is 13.8. The standard InChI is InChI=1S/C32H28F3N5O2/c1-39-10-12-40(13-11-39)26-16-22(14-23(18-26)32(33,34)35)30(41)37-25-5-2-4-20(15-25)21-7-8-27-28(19-24-6-3-9-36-24)31(42)38-29(27)17-21/h2-9,14-19,36H,10-13H2,1H3,(H,37,41)(H,38,42)/b28-19-. The van der Waals surface area contributed by atoms with E-state index in [-0.39, 0.29) is 11.5 Å². The van der Waals surface area contributed by atoms with Gasteiger partial charge in [0.25, 0.3) is 11.8 Å². The van der Waals surface area contributed by atoms with E-state index in [1.54, 1.807) is 30.5 Å². The van der Waals surface area contributed by atoms with E-state index < -0.39 is 17.6 Å². The molecule has 4 aromatic rings. The third-order valence-corrected chi connectivity index (χ3v) is 7.55. The van der Waals surface area contributed by atoms with Crippen molar-refractivity contribution >= 4 is 40.5 Å². The van der Waals surface area contributed by atoms with Crippen molar-refractivity contribution in [2.75, 3.05) is 48.8 Å². The van der Waals surface area contributed by atoms with Gasteiger partial charge in [0.15, 0.2) is 0 Å². The molecular formula is C32H28F3N5O2. The first kappa shape index (κ1) is 27.3. The minimum absolute atomic E-state index is 0.0641. The Morgan fingerprint density at radius 1 is 0.929 bits per heavy atom. The molecule has 2 aliphatic heterocycles. The van der Waals surface area contributed by atoms with Crippen LogP contribution in [0.1, 0.15) is 27.2 Å². The van der Waals surface area contributed by atoms with Gasteiger partial charge in [-0.15, -0.1) is 0 Å². The van der Waals surface area contributed by atoms with E-state index in [0.29, 0.717) is 35.7 Å². The number of H-pyrrole nitrogens is 1. The lowest BCUT2D eigenvalue weighted by Gasteiger charge is -2.34. The zero-order valence-electron chi connectivity index (χ0n) is 22.8. The summed E-state index contributed by atoms with van der Waals surface area (Å²) in [6.07, 6.45) is -1.01. The Morgan fingerprint density at radius 3 is 2.45 bits per heavy atom. The number of anilines is 3. The van der Waals surface area contributed by atoms with E-state index in [4.69, 9.17) is 0 Å². The predicted octanol–water partition coefficient (Wildman–Crippen LogP) is 6.20. The second kappa shape index (κ2) is 10.9. The van der Waals surface area contributed by atoms with E-state index in [1.807, 2.05) is 48.3 Å². The van der Waals surface area contributed by atoms with Crippen molar-refractivity contribution in [3.05, 3.63) is 101 Å². The number of alkyl halides is 3. The molecule has 1 aromatic heterocycles. The summed E-state index contributed by atoms with van der Waals surface area (Å²) in [5.41, 5.74) is 4.29. The molecule has 0 spiro atoms. The molecule has 0 saturated carbocycles. The van der Waals surface area contributed by atoms with Gasteiger partial charge >= 0.3 is 6.18 Å². The van der Waals surface area contributed by atoms with Gasteiger partial charge in [-0.2, -0.15) is 13.2 Å². The number of amides is 2. The summed E-state index contributed by atoms with van der Waals surface area (Å²) in [6, 6.07) is 19.9. The number of halogens is 3. The maximum atomic E-state index is 13.8. The van der Waals surface area contributed by atoms with E-state index in [2.05, 4.69) is 20.5 Å². The fourth-order valence-corrected chi connectivity index (χ4v) is 5.24. The molecule has 2 aliphatic rings. The maximum Gasteiger partial charge on any atom is 0.416 e. The molecule has 3 aromatic carbocycles. The van der Waals surface area contributed by atoms with Crippen LogP contribution in [0.15, 0.2) is 79.0 Å². The molecule has 0 atom stereocenters. The lowest BCUT2D eigenvalue weighted by Crippen LogP contribution is -2.44. The van der Waals surface area contributed by atoms with Crippen LogP contribution in [-0.4, -0.2) is 54.9 Å². The Hall–Kier alpha value is -4.83. The van der Waals surface area contributed by atoms with E-state index in [9.17, 15) is 22.8 Å². The number of piperazine rings is 1. The summed E-state index contributed by atoms with van der Waals surface area (Å²) in [6.45, 7) is 2.60. The zero-order chi connectivity index (χ0) is 29.4. The van der Waals surface area contributed by atoms with Crippen LogP contribution in [0, 0.1) is 0 Å². The summed E-state index contributed by atoms with van der Waals surface area (Å²) in [7, 11) is 1.97. The van der Waals surface area contributed by atoms with Gasteiger partial charge in [0.2, 0.25) is 0 Å². The SMILES string of the molecule is CN1CCN(c2cc(C(=O)Nc3cccc(-c4ccc5c(c4)NC(=O)/C5=C\c4ccc[nH]4)c3)cc(C(F)(F)F)c2)CC1. The Morgan fingerprint density at radius 2 is 1.71 bits per heavy atom. The minimum atomic E-state index is -4.59. The number of rotatable bonds is 5. The van der Waals surface area contributed by atoms with Gasteiger partial charge in [0, 0.05) is 66.3 Å². The molecule has 3 heterocycles. The molecule has 6 rings (SSSR count). The molecule has 2 amide bonds. The number of aromatic amines is 1. The number of nitrogens with zero attached hydrogens (tertiary/aromatic N) is 2. The van der Waals surface area contributed by atoms with Crippen molar-refractivity contribution in [2.45, 2.75) is 6.18 Å². The summed E-state index contributed by atoms with van der Waals surface area (Å²) < 4.78 is 41.3. The van der Waals surface area contributed by atoms with Crippen molar-refractivity contribution in [3.63, 3.8) is 0 Å². The lowest BCUT2D eigenvalue weighted by molar-refractivity contribution is -0.137. The van der Waals surface area contributed by atoms with E-state index >= 15 is 0 Å². The number of hydrogen-bond donors (Lipinski definition) is 3. The topological polar surface area (TPSA) is 80.5 Å². The second-order valence-corrected chi connectivity index (χ2v) is 10.5. The molecule has 3 N–H and O–H groups in total. The average molecular weight is 572 g/mol. The first-order valence-electron chi connectivity index (χ1n) is 13.5. The fourth-order valence-electron chi connectivity index (χ4n) is 5.24.